The normalized spacial score (nSPS) is 25.4. The summed E-state index contributed by atoms with van der Waals surface area (Å²) in [4.78, 5) is 0. The number of hydrogen-bond acceptors (Lipinski definition) is 3. The molecule has 1 aromatic rings. The fourth-order valence-corrected chi connectivity index (χ4v) is 4.17. The largest absolute Gasteiger partial charge is 0.307 e. The van der Waals surface area contributed by atoms with E-state index in [2.05, 4.69) is 43.4 Å². The van der Waals surface area contributed by atoms with Crippen LogP contribution in [0.3, 0.4) is 0 Å². The van der Waals surface area contributed by atoms with Crippen LogP contribution in [0.5, 0.6) is 0 Å². The highest BCUT2D eigenvalue weighted by Gasteiger charge is 2.29. The van der Waals surface area contributed by atoms with Crippen molar-refractivity contribution in [1.82, 2.24) is 5.32 Å². The maximum absolute atomic E-state index is 11.7. The van der Waals surface area contributed by atoms with Crippen molar-refractivity contribution in [2.45, 2.75) is 56.9 Å². The first-order valence-electron chi connectivity index (χ1n) is 7.38. The molecule has 3 unspecified atom stereocenters. The number of benzene rings is 1. The molecule has 1 aromatic carbocycles. The second-order valence-corrected chi connectivity index (χ2v) is 8.44. The van der Waals surface area contributed by atoms with E-state index in [-0.39, 0.29) is 11.3 Å². The average Bonchev–Trinajstić information content (AvgIpc) is 2.38. The van der Waals surface area contributed by atoms with Gasteiger partial charge in [0.1, 0.15) is 9.84 Å². The van der Waals surface area contributed by atoms with Gasteiger partial charge < -0.3 is 5.32 Å². The van der Waals surface area contributed by atoms with Crippen LogP contribution in [0, 0.1) is 6.92 Å². The van der Waals surface area contributed by atoms with Crippen LogP contribution in [0.15, 0.2) is 24.3 Å². The Kier molecular flexibility index (Phi) is 4.86. The summed E-state index contributed by atoms with van der Waals surface area (Å²) in [6, 6.07) is 9.09. The van der Waals surface area contributed by atoms with E-state index >= 15 is 0 Å². The Hall–Kier alpha value is -0.870. The number of sulfone groups is 1. The summed E-state index contributed by atoms with van der Waals surface area (Å²) >= 11 is 0. The maximum atomic E-state index is 11.7. The minimum atomic E-state index is -2.90. The molecule has 0 radical (unpaired) electrons. The number of rotatable bonds is 4. The van der Waals surface area contributed by atoms with E-state index in [1.54, 1.807) is 0 Å². The first-order valence-corrected chi connectivity index (χ1v) is 9.33. The van der Waals surface area contributed by atoms with Crippen molar-refractivity contribution in [2.75, 3.05) is 6.26 Å². The van der Waals surface area contributed by atoms with E-state index in [0.717, 1.165) is 25.7 Å². The van der Waals surface area contributed by atoms with Crippen molar-refractivity contribution in [1.29, 1.82) is 0 Å². The molecule has 0 aromatic heterocycles. The van der Waals surface area contributed by atoms with E-state index in [1.165, 1.54) is 17.4 Å². The summed E-state index contributed by atoms with van der Waals surface area (Å²) < 4.78 is 23.4. The molecule has 0 aliphatic heterocycles. The van der Waals surface area contributed by atoms with E-state index in [0.29, 0.717) is 6.04 Å². The molecule has 2 rings (SSSR count). The van der Waals surface area contributed by atoms with Crippen LogP contribution in [0.4, 0.5) is 0 Å². The molecule has 0 heterocycles. The van der Waals surface area contributed by atoms with Crippen molar-refractivity contribution < 1.29 is 8.42 Å². The fraction of sp³-hybridized carbons (Fsp3) is 0.625. The first-order chi connectivity index (χ1) is 9.36. The minimum absolute atomic E-state index is 0.168. The third-order valence-electron chi connectivity index (χ3n) is 4.29. The monoisotopic (exact) mass is 295 g/mol. The molecule has 0 amide bonds. The van der Waals surface area contributed by atoms with Crippen molar-refractivity contribution in [2.24, 2.45) is 0 Å². The lowest BCUT2D eigenvalue weighted by Crippen LogP contribution is -2.39. The molecule has 4 heteroatoms. The molecule has 1 aliphatic carbocycles. The topological polar surface area (TPSA) is 46.2 Å². The van der Waals surface area contributed by atoms with Gasteiger partial charge in [0.2, 0.25) is 0 Å². The Morgan fingerprint density at radius 2 is 1.85 bits per heavy atom. The Morgan fingerprint density at radius 3 is 2.45 bits per heavy atom. The number of aryl methyl sites for hydroxylation is 1. The Labute approximate surface area is 122 Å². The molecule has 3 atom stereocenters. The van der Waals surface area contributed by atoms with Gasteiger partial charge in [0, 0.05) is 18.3 Å². The molecular weight excluding hydrogens is 270 g/mol. The molecule has 1 N–H and O–H groups in total. The quantitative estimate of drug-likeness (QED) is 0.929. The molecule has 1 fully saturated rings. The molecule has 0 spiro atoms. The van der Waals surface area contributed by atoms with Gasteiger partial charge >= 0.3 is 0 Å². The molecule has 0 bridgehead atoms. The highest BCUT2D eigenvalue weighted by Crippen LogP contribution is 2.26. The Morgan fingerprint density at radius 1 is 1.20 bits per heavy atom. The zero-order valence-corrected chi connectivity index (χ0v) is 13.4. The van der Waals surface area contributed by atoms with Crippen molar-refractivity contribution >= 4 is 9.84 Å². The van der Waals surface area contributed by atoms with E-state index in [4.69, 9.17) is 0 Å². The van der Waals surface area contributed by atoms with Gasteiger partial charge in [-0.15, -0.1) is 0 Å². The predicted molar refractivity (Wildman–Crippen MR) is 83.6 cm³/mol. The summed E-state index contributed by atoms with van der Waals surface area (Å²) in [6.45, 7) is 4.23. The van der Waals surface area contributed by atoms with E-state index in [9.17, 15) is 8.42 Å². The molecule has 1 aliphatic rings. The molecular formula is C16H25NO2S. The molecule has 112 valence electrons. The van der Waals surface area contributed by atoms with Gasteiger partial charge in [0.15, 0.2) is 0 Å². The van der Waals surface area contributed by atoms with Gasteiger partial charge in [-0.05, 0) is 38.7 Å². The van der Waals surface area contributed by atoms with Crippen molar-refractivity contribution in [3.05, 3.63) is 35.4 Å². The zero-order chi connectivity index (χ0) is 14.8. The lowest BCUT2D eigenvalue weighted by Gasteiger charge is -2.31. The molecule has 20 heavy (non-hydrogen) atoms. The van der Waals surface area contributed by atoms with Crippen LogP contribution in [-0.2, 0) is 9.84 Å². The van der Waals surface area contributed by atoms with Gasteiger partial charge in [-0.1, -0.05) is 36.2 Å². The van der Waals surface area contributed by atoms with Crippen LogP contribution in [0.2, 0.25) is 0 Å². The number of nitrogens with one attached hydrogen (secondary N) is 1. The molecule has 3 nitrogen and oxygen atoms in total. The van der Waals surface area contributed by atoms with Crippen LogP contribution in [-0.4, -0.2) is 26.0 Å². The number of hydrogen-bond donors (Lipinski definition) is 1. The summed E-state index contributed by atoms with van der Waals surface area (Å²) in [5, 5.41) is 3.42. The predicted octanol–water partition coefficient (Wildman–Crippen LogP) is 3.00. The Bertz CT molecular complexity index is 536. The lowest BCUT2D eigenvalue weighted by molar-refractivity contribution is 0.346. The third-order valence-corrected chi connectivity index (χ3v) is 5.93. The van der Waals surface area contributed by atoms with Gasteiger partial charge in [-0.2, -0.15) is 0 Å². The van der Waals surface area contributed by atoms with Crippen molar-refractivity contribution in [3.63, 3.8) is 0 Å². The Balaban J connectivity index is 1.97. The second kappa shape index (κ2) is 6.27. The first kappa shape index (κ1) is 15.5. The van der Waals surface area contributed by atoms with E-state index in [1.807, 2.05) is 0 Å². The molecule has 1 saturated carbocycles. The fourth-order valence-electron chi connectivity index (χ4n) is 2.99. The van der Waals surface area contributed by atoms with Crippen molar-refractivity contribution in [3.8, 4) is 0 Å². The smallest absolute Gasteiger partial charge is 0.150 e. The summed E-state index contributed by atoms with van der Waals surface area (Å²) in [5.41, 5.74) is 2.52. The van der Waals surface area contributed by atoms with Crippen LogP contribution >= 0.6 is 0 Å². The van der Waals surface area contributed by atoms with Crippen LogP contribution in [0.25, 0.3) is 0 Å². The zero-order valence-electron chi connectivity index (χ0n) is 12.6. The SMILES string of the molecule is Cc1ccc(C(C)NC2CCCC(S(C)(=O)=O)C2)cc1. The highest BCUT2D eigenvalue weighted by atomic mass is 32.2. The average molecular weight is 295 g/mol. The van der Waals surface area contributed by atoms with Crippen LogP contribution < -0.4 is 5.32 Å². The summed E-state index contributed by atoms with van der Waals surface area (Å²) in [7, 11) is -2.90. The standard InChI is InChI=1S/C16H25NO2S/c1-12-7-9-14(10-8-12)13(2)17-15-5-4-6-16(11-15)20(3,18)19/h7-10,13,15-17H,4-6,11H2,1-3H3. The van der Waals surface area contributed by atoms with Gasteiger partial charge in [-0.25, -0.2) is 8.42 Å². The lowest BCUT2D eigenvalue weighted by atomic mass is 9.93. The highest BCUT2D eigenvalue weighted by molar-refractivity contribution is 7.91. The van der Waals surface area contributed by atoms with Gasteiger partial charge in [0.25, 0.3) is 0 Å². The van der Waals surface area contributed by atoms with Gasteiger partial charge in [-0.3, -0.25) is 0 Å². The summed E-state index contributed by atoms with van der Waals surface area (Å²) in [6.07, 6.45) is 4.99. The van der Waals surface area contributed by atoms with Gasteiger partial charge in [0.05, 0.1) is 5.25 Å². The van der Waals surface area contributed by atoms with E-state index < -0.39 is 9.84 Å². The second-order valence-electron chi connectivity index (χ2n) is 6.11. The third kappa shape index (κ3) is 4.06. The molecule has 0 saturated heterocycles. The maximum Gasteiger partial charge on any atom is 0.150 e. The minimum Gasteiger partial charge on any atom is -0.307 e. The summed E-state index contributed by atoms with van der Waals surface area (Å²) in [5.74, 6) is 0. The van der Waals surface area contributed by atoms with Crippen LogP contribution in [0.1, 0.15) is 49.8 Å².